The highest BCUT2D eigenvalue weighted by Gasteiger charge is 2.04. The fourth-order valence-electron chi connectivity index (χ4n) is 2.53. The molecule has 0 aliphatic heterocycles. The van der Waals surface area contributed by atoms with E-state index < -0.39 is 0 Å². The molecule has 2 heterocycles. The molecule has 0 bridgehead atoms. The molecule has 0 amide bonds. The lowest BCUT2D eigenvalue weighted by Crippen LogP contribution is -1.97. The van der Waals surface area contributed by atoms with Crippen LogP contribution in [0, 0.1) is 0 Å². The van der Waals surface area contributed by atoms with Crippen molar-refractivity contribution in [3.8, 4) is 0 Å². The zero-order chi connectivity index (χ0) is 14.8. The minimum absolute atomic E-state index is 0.556. The van der Waals surface area contributed by atoms with Gasteiger partial charge in [-0.2, -0.15) is 0 Å². The van der Waals surface area contributed by atoms with E-state index >= 15 is 0 Å². The zero-order valence-electron chi connectivity index (χ0n) is 12.6. The third-order valence-corrected chi connectivity index (χ3v) is 3.83. The Balaban J connectivity index is 1.84. The summed E-state index contributed by atoms with van der Waals surface area (Å²) in [5.74, 6) is 0.573. The number of fused-ring (bicyclic) bond motifs is 1. The number of benzene rings is 1. The fourth-order valence-corrected chi connectivity index (χ4v) is 2.53. The number of nitrogens with two attached hydrogens (primary N) is 1. The van der Waals surface area contributed by atoms with E-state index in [1.165, 1.54) is 11.1 Å². The average Bonchev–Trinajstić information content (AvgIpc) is 2.88. The predicted octanol–water partition coefficient (Wildman–Crippen LogP) is 3.51. The van der Waals surface area contributed by atoms with Gasteiger partial charge in [0.2, 0.25) is 0 Å². The first-order chi connectivity index (χ1) is 10.2. The molecule has 108 valence electrons. The second-order valence-electron chi connectivity index (χ2n) is 5.81. The molecule has 0 aliphatic carbocycles. The molecule has 3 heteroatoms. The van der Waals surface area contributed by atoms with E-state index in [-0.39, 0.29) is 0 Å². The highest BCUT2D eigenvalue weighted by molar-refractivity contribution is 5.42. The van der Waals surface area contributed by atoms with E-state index in [1.54, 1.807) is 0 Å². The molecule has 0 saturated heterocycles. The molecule has 2 aromatic heterocycles. The van der Waals surface area contributed by atoms with Crippen molar-refractivity contribution in [3.63, 3.8) is 0 Å². The summed E-state index contributed by atoms with van der Waals surface area (Å²) in [7, 11) is 0. The van der Waals surface area contributed by atoms with E-state index in [4.69, 9.17) is 5.73 Å². The summed E-state index contributed by atoms with van der Waals surface area (Å²) in [6.45, 7) is 4.98. The van der Waals surface area contributed by atoms with Crippen LogP contribution in [0.3, 0.4) is 0 Å². The molecule has 1 aromatic carbocycles. The van der Waals surface area contributed by atoms with Crippen molar-refractivity contribution in [2.24, 2.45) is 5.73 Å². The summed E-state index contributed by atoms with van der Waals surface area (Å²) < 4.78 is 2.06. The van der Waals surface area contributed by atoms with Gasteiger partial charge < -0.3 is 10.1 Å². The van der Waals surface area contributed by atoms with Gasteiger partial charge in [0.15, 0.2) is 0 Å². The van der Waals surface area contributed by atoms with Crippen LogP contribution in [0.25, 0.3) is 5.65 Å². The quantitative estimate of drug-likeness (QED) is 0.794. The van der Waals surface area contributed by atoms with Gasteiger partial charge >= 0.3 is 0 Å². The van der Waals surface area contributed by atoms with Crippen LogP contribution in [0.15, 0.2) is 48.8 Å². The van der Waals surface area contributed by atoms with Gasteiger partial charge in [0.05, 0.1) is 5.69 Å². The van der Waals surface area contributed by atoms with Gasteiger partial charge in [0.25, 0.3) is 0 Å². The summed E-state index contributed by atoms with van der Waals surface area (Å²) in [5.41, 5.74) is 11.5. The van der Waals surface area contributed by atoms with Gasteiger partial charge in [0, 0.05) is 25.4 Å². The molecule has 0 spiro atoms. The summed E-state index contributed by atoms with van der Waals surface area (Å²) >= 11 is 0. The third-order valence-electron chi connectivity index (χ3n) is 3.83. The molecular formula is C18H21N3. The van der Waals surface area contributed by atoms with Crippen LogP contribution in [0.2, 0.25) is 0 Å². The smallest absolute Gasteiger partial charge is 0.137 e. The van der Waals surface area contributed by atoms with Gasteiger partial charge in [-0.05, 0) is 28.7 Å². The van der Waals surface area contributed by atoms with Crippen molar-refractivity contribution < 1.29 is 0 Å². The van der Waals surface area contributed by atoms with E-state index in [0.717, 1.165) is 23.3 Å². The second-order valence-corrected chi connectivity index (χ2v) is 5.81. The normalized spacial score (nSPS) is 11.4. The van der Waals surface area contributed by atoms with Crippen LogP contribution in [-0.2, 0) is 13.0 Å². The Bertz CT molecular complexity index is 739. The van der Waals surface area contributed by atoms with Gasteiger partial charge in [-0.25, -0.2) is 4.98 Å². The summed E-state index contributed by atoms with van der Waals surface area (Å²) in [6, 6.07) is 12.9. The Labute approximate surface area is 125 Å². The molecule has 0 fully saturated rings. The first-order valence-corrected chi connectivity index (χ1v) is 7.41. The number of pyridine rings is 1. The van der Waals surface area contributed by atoms with Gasteiger partial charge in [-0.15, -0.1) is 0 Å². The van der Waals surface area contributed by atoms with Crippen LogP contribution in [0.4, 0.5) is 0 Å². The molecular weight excluding hydrogens is 258 g/mol. The Kier molecular flexibility index (Phi) is 3.76. The lowest BCUT2D eigenvalue weighted by molar-refractivity contribution is 0.865. The monoisotopic (exact) mass is 279 g/mol. The Morgan fingerprint density at radius 2 is 1.71 bits per heavy atom. The molecule has 0 atom stereocenters. The van der Waals surface area contributed by atoms with Crippen molar-refractivity contribution in [1.82, 2.24) is 9.38 Å². The molecule has 3 rings (SSSR count). The number of hydrogen-bond donors (Lipinski definition) is 1. The van der Waals surface area contributed by atoms with Crippen molar-refractivity contribution in [1.29, 1.82) is 0 Å². The van der Waals surface area contributed by atoms with Crippen molar-refractivity contribution in [2.75, 3.05) is 0 Å². The number of imidazole rings is 1. The van der Waals surface area contributed by atoms with Gasteiger partial charge in [-0.1, -0.05) is 44.2 Å². The first-order valence-electron chi connectivity index (χ1n) is 7.41. The zero-order valence-corrected chi connectivity index (χ0v) is 12.6. The van der Waals surface area contributed by atoms with Crippen molar-refractivity contribution >= 4 is 5.65 Å². The Morgan fingerprint density at radius 1 is 1.00 bits per heavy atom. The largest absolute Gasteiger partial charge is 0.326 e. The van der Waals surface area contributed by atoms with E-state index in [2.05, 4.69) is 53.7 Å². The standard InChI is InChI=1S/C18H21N3/c1-13(2)16-6-3-14(4-7-16)9-17-12-21-11-15(10-19)5-8-18(21)20-17/h3-8,11-13H,9-10,19H2,1-2H3. The third kappa shape index (κ3) is 2.98. The van der Waals surface area contributed by atoms with Crippen LogP contribution in [-0.4, -0.2) is 9.38 Å². The lowest BCUT2D eigenvalue weighted by atomic mass is 10.0. The van der Waals surface area contributed by atoms with Crippen LogP contribution in [0.1, 0.15) is 42.1 Å². The minimum atomic E-state index is 0.556. The number of nitrogens with zero attached hydrogens (tertiary/aromatic N) is 2. The fraction of sp³-hybridized carbons (Fsp3) is 0.278. The van der Waals surface area contributed by atoms with Crippen molar-refractivity contribution in [2.45, 2.75) is 32.7 Å². The molecule has 2 N–H and O–H groups in total. The Hall–Kier alpha value is -2.13. The number of hydrogen-bond acceptors (Lipinski definition) is 2. The van der Waals surface area contributed by atoms with Crippen LogP contribution < -0.4 is 5.73 Å². The van der Waals surface area contributed by atoms with Gasteiger partial charge in [-0.3, -0.25) is 0 Å². The van der Waals surface area contributed by atoms with Crippen molar-refractivity contribution in [3.05, 3.63) is 71.2 Å². The maximum Gasteiger partial charge on any atom is 0.137 e. The maximum atomic E-state index is 5.68. The van der Waals surface area contributed by atoms with Gasteiger partial charge in [0.1, 0.15) is 5.65 Å². The summed E-state index contributed by atoms with van der Waals surface area (Å²) in [5, 5.41) is 0. The average molecular weight is 279 g/mol. The molecule has 0 unspecified atom stereocenters. The number of rotatable bonds is 4. The maximum absolute atomic E-state index is 5.68. The molecule has 3 aromatic rings. The van der Waals surface area contributed by atoms with Crippen LogP contribution >= 0.6 is 0 Å². The Morgan fingerprint density at radius 3 is 2.38 bits per heavy atom. The van der Waals surface area contributed by atoms with E-state index in [9.17, 15) is 0 Å². The first kappa shape index (κ1) is 13.8. The highest BCUT2D eigenvalue weighted by Crippen LogP contribution is 2.17. The summed E-state index contributed by atoms with van der Waals surface area (Å²) in [6.07, 6.45) is 5.00. The SMILES string of the molecule is CC(C)c1ccc(Cc2cn3cc(CN)ccc3n2)cc1. The predicted molar refractivity (Wildman–Crippen MR) is 86.4 cm³/mol. The second kappa shape index (κ2) is 5.70. The molecule has 0 saturated carbocycles. The lowest BCUT2D eigenvalue weighted by Gasteiger charge is -2.05. The molecule has 3 nitrogen and oxygen atoms in total. The topological polar surface area (TPSA) is 43.3 Å². The summed E-state index contributed by atoms with van der Waals surface area (Å²) in [4.78, 5) is 4.66. The number of aromatic nitrogens is 2. The van der Waals surface area contributed by atoms with E-state index in [1.807, 2.05) is 18.3 Å². The van der Waals surface area contributed by atoms with E-state index in [0.29, 0.717) is 12.5 Å². The molecule has 0 radical (unpaired) electrons. The molecule has 21 heavy (non-hydrogen) atoms. The highest BCUT2D eigenvalue weighted by atomic mass is 15.0. The minimum Gasteiger partial charge on any atom is -0.326 e. The van der Waals surface area contributed by atoms with Crippen LogP contribution in [0.5, 0.6) is 0 Å². The molecule has 0 aliphatic rings.